The van der Waals surface area contributed by atoms with E-state index in [1.807, 2.05) is 6.92 Å². The van der Waals surface area contributed by atoms with Crippen molar-refractivity contribution in [3.05, 3.63) is 18.2 Å². The molecule has 1 amide bonds. The molecule has 0 radical (unpaired) electrons. The van der Waals surface area contributed by atoms with Crippen LogP contribution in [0.25, 0.3) is 11.1 Å². The van der Waals surface area contributed by atoms with Gasteiger partial charge in [0.25, 0.3) is 6.01 Å². The van der Waals surface area contributed by atoms with Crippen molar-refractivity contribution >= 4 is 28.7 Å². The number of benzene rings is 1. The quantitative estimate of drug-likeness (QED) is 0.795. The average molecular weight is 262 g/mol. The summed E-state index contributed by atoms with van der Waals surface area (Å²) in [5.41, 5.74) is 7.65. The number of nitrogen functional groups attached to an aromatic ring is 1. The van der Waals surface area contributed by atoms with Crippen molar-refractivity contribution in [2.75, 3.05) is 30.8 Å². The highest BCUT2D eigenvalue weighted by Crippen LogP contribution is 2.22. The number of aromatic nitrogens is 1. The standard InChI is InChI=1S/C13H18N4O2/c1-3-6-15-12(18)8-17(2)13-16-10-5-4-9(14)7-11(10)19-13/h4-5,7H,3,6,8,14H2,1-2H3,(H,15,18). The largest absolute Gasteiger partial charge is 0.423 e. The van der Waals surface area contributed by atoms with Crippen LogP contribution in [-0.4, -0.2) is 31.0 Å². The van der Waals surface area contributed by atoms with Gasteiger partial charge in [0.15, 0.2) is 5.58 Å². The number of fused-ring (bicyclic) bond motifs is 1. The molecule has 1 heterocycles. The molecule has 0 spiro atoms. The van der Waals surface area contributed by atoms with Gasteiger partial charge in [-0.1, -0.05) is 6.92 Å². The lowest BCUT2D eigenvalue weighted by atomic mass is 10.3. The molecule has 1 aromatic heterocycles. The lowest BCUT2D eigenvalue weighted by Gasteiger charge is -2.13. The first-order chi connectivity index (χ1) is 9.10. The van der Waals surface area contributed by atoms with Gasteiger partial charge in [0.05, 0.1) is 0 Å². The van der Waals surface area contributed by atoms with Gasteiger partial charge in [-0.25, -0.2) is 0 Å². The molecule has 0 aliphatic rings. The summed E-state index contributed by atoms with van der Waals surface area (Å²) in [6, 6.07) is 5.69. The van der Waals surface area contributed by atoms with Gasteiger partial charge in [-0.3, -0.25) is 4.79 Å². The zero-order valence-electron chi connectivity index (χ0n) is 11.1. The fourth-order valence-electron chi connectivity index (χ4n) is 1.70. The van der Waals surface area contributed by atoms with Gasteiger partial charge >= 0.3 is 0 Å². The van der Waals surface area contributed by atoms with E-state index in [1.54, 1.807) is 30.1 Å². The second kappa shape index (κ2) is 5.60. The lowest BCUT2D eigenvalue weighted by Crippen LogP contribution is -2.35. The zero-order chi connectivity index (χ0) is 13.8. The summed E-state index contributed by atoms with van der Waals surface area (Å²) < 4.78 is 5.57. The number of nitrogens with one attached hydrogen (secondary N) is 1. The van der Waals surface area contributed by atoms with E-state index < -0.39 is 0 Å². The fraction of sp³-hybridized carbons (Fsp3) is 0.385. The minimum atomic E-state index is -0.0499. The maximum Gasteiger partial charge on any atom is 0.298 e. The van der Waals surface area contributed by atoms with Crippen molar-refractivity contribution in [3.63, 3.8) is 0 Å². The number of hydrogen-bond donors (Lipinski definition) is 2. The molecule has 19 heavy (non-hydrogen) atoms. The van der Waals surface area contributed by atoms with Gasteiger partial charge in [0.1, 0.15) is 12.1 Å². The van der Waals surface area contributed by atoms with Crippen molar-refractivity contribution in [1.82, 2.24) is 10.3 Å². The molecule has 0 atom stereocenters. The van der Waals surface area contributed by atoms with Crippen LogP contribution in [0, 0.1) is 0 Å². The molecule has 102 valence electrons. The number of amides is 1. The van der Waals surface area contributed by atoms with Gasteiger partial charge in [0.2, 0.25) is 5.91 Å². The Morgan fingerprint density at radius 3 is 3.05 bits per heavy atom. The van der Waals surface area contributed by atoms with Crippen LogP contribution in [0.2, 0.25) is 0 Å². The van der Waals surface area contributed by atoms with E-state index in [9.17, 15) is 4.79 Å². The maximum absolute atomic E-state index is 11.6. The van der Waals surface area contributed by atoms with Crippen LogP contribution in [0.3, 0.4) is 0 Å². The van der Waals surface area contributed by atoms with E-state index >= 15 is 0 Å². The van der Waals surface area contributed by atoms with Crippen LogP contribution in [0.5, 0.6) is 0 Å². The highest BCUT2D eigenvalue weighted by molar-refractivity contribution is 5.82. The third-order valence-corrected chi connectivity index (χ3v) is 2.68. The van der Waals surface area contributed by atoms with E-state index in [-0.39, 0.29) is 12.5 Å². The number of anilines is 2. The summed E-state index contributed by atoms with van der Waals surface area (Å²) in [7, 11) is 1.76. The Morgan fingerprint density at radius 2 is 2.32 bits per heavy atom. The van der Waals surface area contributed by atoms with Crippen LogP contribution in [-0.2, 0) is 4.79 Å². The van der Waals surface area contributed by atoms with E-state index in [2.05, 4.69) is 10.3 Å². The maximum atomic E-state index is 11.6. The van der Waals surface area contributed by atoms with Crippen LogP contribution in [0.4, 0.5) is 11.7 Å². The van der Waals surface area contributed by atoms with Crippen molar-refractivity contribution in [3.8, 4) is 0 Å². The molecule has 0 saturated carbocycles. The van der Waals surface area contributed by atoms with Crippen LogP contribution >= 0.6 is 0 Å². The molecule has 2 aromatic rings. The van der Waals surface area contributed by atoms with Gasteiger partial charge in [0, 0.05) is 25.3 Å². The summed E-state index contributed by atoms with van der Waals surface area (Å²) in [6.45, 7) is 2.90. The molecule has 1 aromatic carbocycles. The fourth-order valence-corrected chi connectivity index (χ4v) is 1.70. The number of hydrogen-bond acceptors (Lipinski definition) is 5. The second-order valence-corrected chi connectivity index (χ2v) is 4.43. The molecule has 0 aliphatic heterocycles. The van der Waals surface area contributed by atoms with E-state index in [1.165, 1.54) is 0 Å². The van der Waals surface area contributed by atoms with Crippen molar-refractivity contribution in [2.45, 2.75) is 13.3 Å². The van der Waals surface area contributed by atoms with Gasteiger partial charge < -0.3 is 20.4 Å². The number of rotatable bonds is 5. The monoisotopic (exact) mass is 262 g/mol. The summed E-state index contributed by atoms with van der Waals surface area (Å²) in [5, 5.41) is 2.81. The number of carbonyl (C=O) groups is 1. The lowest BCUT2D eigenvalue weighted by molar-refractivity contribution is -0.119. The summed E-state index contributed by atoms with van der Waals surface area (Å²) in [5.74, 6) is -0.0499. The smallest absolute Gasteiger partial charge is 0.298 e. The Labute approximate surface area is 111 Å². The third kappa shape index (κ3) is 3.15. The highest BCUT2D eigenvalue weighted by atomic mass is 16.4. The first kappa shape index (κ1) is 13.2. The minimum Gasteiger partial charge on any atom is -0.423 e. The van der Waals surface area contributed by atoms with Crippen LogP contribution < -0.4 is 16.0 Å². The van der Waals surface area contributed by atoms with Gasteiger partial charge in [-0.15, -0.1) is 0 Å². The molecular formula is C13H18N4O2. The van der Waals surface area contributed by atoms with E-state index in [0.717, 1.165) is 11.9 Å². The van der Waals surface area contributed by atoms with E-state index in [4.69, 9.17) is 10.2 Å². The summed E-state index contributed by atoms with van der Waals surface area (Å²) in [4.78, 5) is 17.6. The minimum absolute atomic E-state index is 0.0499. The summed E-state index contributed by atoms with van der Waals surface area (Å²) >= 11 is 0. The first-order valence-electron chi connectivity index (χ1n) is 6.24. The second-order valence-electron chi connectivity index (χ2n) is 4.43. The molecule has 6 heteroatoms. The average Bonchev–Trinajstić information content (AvgIpc) is 2.79. The molecule has 0 saturated heterocycles. The van der Waals surface area contributed by atoms with Crippen LogP contribution in [0.15, 0.2) is 22.6 Å². The molecule has 3 N–H and O–H groups in total. The Bertz CT molecular complexity index is 579. The number of nitrogens with two attached hydrogens (primary N) is 1. The first-order valence-corrected chi connectivity index (χ1v) is 6.24. The number of oxazole rings is 1. The van der Waals surface area contributed by atoms with Crippen molar-refractivity contribution in [2.24, 2.45) is 0 Å². The third-order valence-electron chi connectivity index (χ3n) is 2.68. The number of likely N-dealkylation sites (N-methyl/N-ethyl adjacent to an activating group) is 1. The Morgan fingerprint density at radius 1 is 1.53 bits per heavy atom. The molecular weight excluding hydrogens is 244 g/mol. The SMILES string of the molecule is CCCNC(=O)CN(C)c1nc2ccc(N)cc2o1. The number of carbonyl (C=O) groups excluding carboxylic acids is 1. The zero-order valence-corrected chi connectivity index (χ0v) is 11.1. The van der Waals surface area contributed by atoms with Gasteiger partial charge in [-0.2, -0.15) is 4.98 Å². The topological polar surface area (TPSA) is 84.4 Å². The Hall–Kier alpha value is -2.24. The normalized spacial score (nSPS) is 10.6. The number of nitrogens with zero attached hydrogens (tertiary/aromatic N) is 2. The highest BCUT2D eigenvalue weighted by Gasteiger charge is 2.13. The molecule has 0 bridgehead atoms. The summed E-state index contributed by atoms with van der Waals surface area (Å²) in [6.07, 6.45) is 0.914. The molecule has 0 unspecified atom stereocenters. The predicted molar refractivity (Wildman–Crippen MR) is 75.0 cm³/mol. The Balaban J connectivity index is 2.08. The molecule has 0 fully saturated rings. The van der Waals surface area contributed by atoms with Gasteiger partial charge in [-0.05, 0) is 18.6 Å². The Kier molecular flexibility index (Phi) is 3.89. The van der Waals surface area contributed by atoms with Crippen LogP contribution in [0.1, 0.15) is 13.3 Å². The molecule has 0 aliphatic carbocycles. The van der Waals surface area contributed by atoms with Crippen molar-refractivity contribution in [1.29, 1.82) is 0 Å². The molecule has 6 nitrogen and oxygen atoms in total. The van der Waals surface area contributed by atoms with E-state index in [0.29, 0.717) is 23.8 Å². The predicted octanol–water partition coefficient (Wildman–Crippen LogP) is 1.37. The molecule has 2 rings (SSSR count). The van der Waals surface area contributed by atoms with Crippen molar-refractivity contribution < 1.29 is 9.21 Å².